The van der Waals surface area contributed by atoms with E-state index >= 15 is 0 Å². The summed E-state index contributed by atoms with van der Waals surface area (Å²) >= 11 is 7.53. The van der Waals surface area contributed by atoms with Crippen molar-refractivity contribution < 1.29 is 13.7 Å². The van der Waals surface area contributed by atoms with Gasteiger partial charge in [-0.25, -0.2) is 13.5 Å². The van der Waals surface area contributed by atoms with Gasteiger partial charge in [-0.05, 0) is 30.9 Å². The number of aromatic nitrogens is 2. The standard InChI is InChI=1S/C12H11ClF2N4O2S/c13-7-3-4-8(19(20)21)11-10(7)12(17-22-6-1-2-6)16-18(11)5-9(14)15/h3-4,6,9H,1-2,5H2,(H,16,17). The molecule has 118 valence electrons. The van der Waals surface area contributed by atoms with Crippen molar-refractivity contribution in [2.45, 2.75) is 31.1 Å². The molecule has 1 saturated carbocycles. The summed E-state index contributed by atoms with van der Waals surface area (Å²) in [6.45, 7) is -0.729. The minimum absolute atomic E-state index is 0.0108. The number of fused-ring (bicyclic) bond motifs is 1. The molecule has 0 spiro atoms. The van der Waals surface area contributed by atoms with E-state index in [2.05, 4.69) is 9.82 Å². The van der Waals surface area contributed by atoms with Gasteiger partial charge in [0.1, 0.15) is 12.1 Å². The van der Waals surface area contributed by atoms with Gasteiger partial charge in [-0.2, -0.15) is 5.10 Å². The van der Waals surface area contributed by atoms with E-state index in [-0.39, 0.29) is 22.0 Å². The van der Waals surface area contributed by atoms with E-state index in [1.165, 1.54) is 24.1 Å². The van der Waals surface area contributed by atoms with Gasteiger partial charge in [-0.3, -0.25) is 10.1 Å². The van der Waals surface area contributed by atoms with Gasteiger partial charge in [0.25, 0.3) is 12.1 Å². The lowest BCUT2D eigenvalue weighted by molar-refractivity contribution is -0.383. The molecule has 1 N–H and O–H groups in total. The SMILES string of the molecule is O=[N+]([O-])c1ccc(Cl)c2c(NSC3CC3)nn(CC(F)F)c12. The summed E-state index contributed by atoms with van der Waals surface area (Å²) < 4.78 is 29.4. The normalized spacial score (nSPS) is 14.7. The molecule has 10 heteroatoms. The molecule has 22 heavy (non-hydrogen) atoms. The first kappa shape index (κ1) is 15.3. The number of alkyl halides is 2. The van der Waals surface area contributed by atoms with Gasteiger partial charge in [-0.1, -0.05) is 11.6 Å². The van der Waals surface area contributed by atoms with Crippen molar-refractivity contribution in [3.05, 3.63) is 27.3 Å². The van der Waals surface area contributed by atoms with Crippen molar-refractivity contribution in [1.29, 1.82) is 0 Å². The lowest BCUT2D eigenvalue weighted by Crippen LogP contribution is -2.09. The molecule has 0 saturated heterocycles. The molecule has 1 aliphatic carbocycles. The van der Waals surface area contributed by atoms with Crippen LogP contribution in [0.15, 0.2) is 12.1 Å². The van der Waals surface area contributed by atoms with Crippen LogP contribution in [0.1, 0.15) is 12.8 Å². The predicted octanol–water partition coefficient (Wildman–Crippen LogP) is 4.09. The van der Waals surface area contributed by atoms with Crippen LogP contribution in [0, 0.1) is 10.1 Å². The summed E-state index contributed by atoms with van der Waals surface area (Å²) in [5.74, 6) is 0.279. The zero-order valence-corrected chi connectivity index (χ0v) is 12.7. The Bertz CT molecular complexity index is 735. The van der Waals surface area contributed by atoms with Gasteiger partial charge in [0, 0.05) is 11.3 Å². The van der Waals surface area contributed by atoms with Crippen molar-refractivity contribution in [1.82, 2.24) is 9.78 Å². The Morgan fingerprint density at radius 2 is 2.27 bits per heavy atom. The highest BCUT2D eigenvalue weighted by Gasteiger charge is 2.27. The lowest BCUT2D eigenvalue weighted by Gasteiger charge is -2.03. The van der Waals surface area contributed by atoms with E-state index in [0.717, 1.165) is 17.5 Å². The molecule has 6 nitrogen and oxygen atoms in total. The minimum atomic E-state index is -2.68. The van der Waals surface area contributed by atoms with Crippen LogP contribution < -0.4 is 4.72 Å². The summed E-state index contributed by atoms with van der Waals surface area (Å²) in [6, 6.07) is 2.58. The lowest BCUT2D eigenvalue weighted by atomic mass is 10.2. The predicted molar refractivity (Wildman–Crippen MR) is 81.6 cm³/mol. The van der Waals surface area contributed by atoms with Crippen molar-refractivity contribution in [2.75, 3.05) is 4.72 Å². The maximum Gasteiger partial charge on any atom is 0.295 e. The molecule has 1 aromatic carbocycles. The van der Waals surface area contributed by atoms with E-state index in [1.807, 2.05) is 0 Å². The number of nitro groups is 1. The number of nitro benzene ring substituents is 1. The van der Waals surface area contributed by atoms with E-state index in [4.69, 9.17) is 11.6 Å². The maximum absolute atomic E-state index is 12.7. The molecule has 1 aromatic heterocycles. The highest BCUT2D eigenvalue weighted by Crippen LogP contribution is 2.40. The number of benzene rings is 1. The Kier molecular flexibility index (Phi) is 4.09. The maximum atomic E-state index is 12.7. The van der Waals surface area contributed by atoms with Gasteiger partial charge < -0.3 is 4.72 Å². The molecule has 0 amide bonds. The fraction of sp³-hybridized carbons (Fsp3) is 0.417. The molecule has 0 unspecified atom stereocenters. The molecular formula is C12H11ClF2N4O2S. The number of non-ortho nitro benzene ring substituents is 1. The quantitative estimate of drug-likeness (QED) is 0.483. The van der Waals surface area contributed by atoms with Crippen LogP contribution >= 0.6 is 23.5 Å². The fourth-order valence-electron chi connectivity index (χ4n) is 2.07. The summed E-state index contributed by atoms with van der Waals surface area (Å²) in [7, 11) is 0. The Hall–Kier alpha value is -1.61. The molecule has 1 heterocycles. The van der Waals surface area contributed by atoms with Gasteiger partial charge in [0.15, 0.2) is 5.82 Å². The number of halogens is 3. The Morgan fingerprint density at radius 1 is 1.55 bits per heavy atom. The van der Waals surface area contributed by atoms with Crippen LogP contribution in [0.25, 0.3) is 10.9 Å². The number of hydrogen-bond donors (Lipinski definition) is 1. The monoisotopic (exact) mass is 348 g/mol. The van der Waals surface area contributed by atoms with Gasteiger partial charge >= 0.3 is 0 Å². The van der Waals surface area contributed by atoms with Crippen LogP contribution in [0.4, 0.5) is 20.3 Å². The molecule has 0 radical (unpaired) electrons. The molecule has 1 aliphatic rings. The average Bonchev–Trinajstić information content (AvgIpc) is 3.20. The average molecular weight is 349 g/mol. The molecule has 0 atom stereocenters. The first-order valence-corrected chi connectivity index (χ1v) is 7.76. The largest absolute Gasteiger partial charge is 0.312 e. The third-order valence-electron chi connectivity index (χ3n) is 3.18. The zero-order valence-electron chi connectivity index (χ0n) is 11.1. The van der Waals surface area contributed by atoms with E-state index in [0.29, 0.717) is 10.6 Å². The second-order valence-corrected chi connectivity index (χ2v) is 6.40. The summed E-state index contributed by atoms with van der Waals surface area (Å²) in [6.07, 6.45) is -0.534. The van der Waals surface area contributed by atoms with Crippen LogP contribution in [0.3, 0.4) is 0 Å². The second-order valence-electron chi connectivity index (χ2n) is 4.89. The number of rotatable bonds is 6. The van der Waals surface area contributed by atoms with Crippen LogP contribution in [-0.2, 0) is 6.54 Å². The highest BCUT2D eigenvalue weighted by molar-refractivity contribution is 8.01. The first-order chi connectivity index (χ1) is 10.5. The third kappa shape index (κ3) is 2.95. The Labute approximate surface area is 133 Å². The Morgan fingerprint density at radius 3 is 2.86 bits per heavy atom. The van der Waals surface area contributed by atoms with Gasteiger partial charge in [0.05, 0.1) is 15.3 Å². The summed E-state index contributed by atoms with van der Waals surface area (Å²) in [4.78, 5) is 10.5. The number of nitrogens with one attached hydrogen (secondary N) is 1. The van der Waals surface area contributed by atoms with Crippen LogP contribution in [0.5, 0.6) is 0 Å². The zero-order chi connectivity index (χ0) is 15.9. The van der Waals surface area contributed by atoms with Crippen molar-refractivity contribution in [3.63, 3.8) is 0 Å². The van der Waals surface area contributed by atoms with Crippen molar-refractivity contribution in [2.24, 2.45) is 0 Å². The molecule has 3 rings (SSSR count). The van der Waals surface area contributed by atoms with Crippen molar-refractivity contribution >= 4 is 46.0 Å². The minimum Gasteiger partial charge on any atom is -0.312 e. The number of hydrogen-bond acceptors (Lipinski definition) is 5. The van der Waals surface area contributed by atoms with Gasteiger partial charge in [-0.15, -0.1) is 0 Å². The third-order valence-corrected chi connectivity index (χ3v) is 4.61. The smallest absolute Gasteiger partial charge is 0.295 e. The topological polar surface area (TPSA) is 73.0 Å². The molecule has 1 fully saturated rings. The van der Waals surface area contributed by atoms with E-state index in [1.54, 1.807) is 0 Å². The Balaban J connectivity index is 2.13. The molecule has 2 aromatic rings. The van der Waals surface area contributed by atoms with E-state index in [9.17, 15) is 18.9 Å². The highest BCUT2D eigenvalue weighted by atomic mass is 35.5. The molecule has 0 aliphatic heterocycles. The van der Waals surface area contributed by atoms with Gasteiger partial charge in [0.2, 0.25) is 0 Å². The molecular weight excluding hydrogens is 338 g/mol. The number of anilines is 1. The fourth-order valence-corrected chi connectivity index (χ4v) is 3.10. The van der Waals surface area contributed by atoms with Crippen LogP contribution in [0.2, 0.25) is 5.02 Å². The first-order valence-electron chi connectivity index (χ1n) is 6.50. The molecule has 0 bridgehead atoms. The van der Waals surface area contributed by atoms with Crippen molar-refractivity contribution in [3.8, 4) is 0 Å². The van der Waals surface area contributed by atoms with Crippen LogP contribution in [-0.4, -0.2) is 26.4 Å². The van der Waals surface area contributed by atoms with E-state index < -0.39 is 17.9 Å². The summed E-state index contributed by atoms with van der Waals surface area (Å²) in [5, 5.41) is 16.2. The summed E-state index contributed by atoms with van der Waals surface area (Å²) in [5.41, 5.74) is -0.284. The second kappa shape index (κ2) is 5.88. The number of nitrogens with zero attached hydrogens (tertiary/aromatic N) is 3.